The molecule has 0 aromatic carbocycles. The smallest absolute Gasteiger partial charge is 0.148 e. The van der Waals surface area contributed by atoms with E-state index < -0.39 is 16.8 Å². The van der Waals surface area contributed by atoms with Crippen LogP contribution in [-0.4, -0.2) is 36.5 Å². The molecule has 1 spiro atoms. The molecule has 0 bridgehead atoms. The number of hydrogen-bond acceptors (Lipinski definition) is 4. The minimum atomic E-state index is -0.391. The molecule has 4 heteroatoms. The third kappa shape index (κ3) is 1.52. The summed E-state index contributed by atoms with van der Waals surface area (Å²) >= 11 is 0. The van der Waals surface area contributed by atoms with Crippen LogP contribution in [0.4, 0.5) is 0 Å². The molecule has 0 saturated carbocycles. The minimum absolute atomic E-state index is 0.00782. The van der Waals surface area contributed by atoms with Crippen molar-refractivity contribution in [3.05, 3.63) is 0 Å². The lowest BCUT2D eigenvalue weighted by atomic mass is 9.52. The van der Waals surface area contributed by atoms with Gasteiger partial charge in [0.2, 0.25) is 0 Å². The fourth-order valence-electron chi connectivity index (χ4n) is 4.72. The van der Waals surface area contributed by atoms with Crippen molar-refractivity contribution in [1.29, 1.82) is 0 Å². The summed E-state index contributed by atoms with van der Waals surface area (Å²) in [5.74, 6) is 0. The van der Waals surface area contributed by atoms with E-state index in [1.54, 1.807) is 0 Å². The summed E-state index contributed by atoms with van der Waals surface area (Å²) < 4.78 is 23.5. The van der Waals surface area contributed by atoms with Crippen LogP contribution in [0, 0.1) is 5.41 Å². The zero-order valence-corrected chi connectivity index (χ0v) is 12.6. The fourth-order valence-corrected chi connectivity index (χ4v) is 4.72. The Bertz CT molecular complexity index is 295. The zero-order chi connectivity index (χ0) is 13.8. The summed E-state index contributed by atoms with van der Waals surface area (Å²) in [5.41, 5.74) is -1.56. The second-order valence-corrected chi connectivity index (χ2v) is 6.82. The van der Waals surface area contributed by atoms with Gasteiger partial charge >= 0.3 is 0 Å². The maximum Gasteiger partial charge on any atom is 0.148 e. The molecule has 1 atom stereocenters. The Morgan fingerprint density at radius 1 is 0.722 bits per heavy atom. The Kier molecular flexibility index (Phi) is 3.10. The van der Waals surface area contributed by atoms with Crippen LogP contribution in [0.25, 0.3) is 0 Å². The van der Waals surface area contributed by atoms with E-state index in [9.17, 15) is 0 Å². The number of hydrogen-bond donors (Lipinski definition) is 0. The molecule has 0 radical (unpaired) electrons. The first kappa shape index (κ1) is 14.3. The zero-order valence-electron chi connectivity index (χ0n) is 12.6. The third-order valence-corrected chi connectivity index (χ3v) is 5.04. The van der Waals surface area contributed by atoms with Gasteiger partial charge in [0, 0.05) is 0 Å². The van der Waals surface area contributed by atoms with Crippen molar-refractivity contribution in [3.8, 4) is 0 Å². The van der Waals surface area contributed by atoms with Crippen LogP contribution < -0.4 is 0 Å². The molecule has 1 unspecified atom stereocenters. The molecule has 2 fully saturated rings. The van der Waals surface area contributed by atoms with Crippen LogP contribution in [0.1, 0.15) is 48.5 Å². The molecular formula is C14H26O4. The van der Waals surface area contributed by atoms with Gasteiger partial charge in [0.1, 0.15) is 13.6 Å². The SMILES string of the molecule is CC1OCOC(C)(C)C12C(C)(C)OCOC2(C)C. The summed E-state index contributed by atoms with van der Waals surface area (Å²) in [7, 11) is 0. The van der Waals surface area contributed by atoms with E-state index >= 15 is 0 Å². The summed E-state index contributed by atoms with van der Waals surface area (Å²) in [6.07, 6.45) is -0.00782. The van der Waals surface area contributed by atoms with E-state index in [0.29, 0.717) is 13.6 Å². The first-order valence-electron chi connectivity index (χ1n) is 6.62. The van der Waals surface area contributed by atoms with Crippen molar-refractivity contribution in [1.82, 2.24) is 0 Å². The summed E-state index contributed by atoms with van der Waals surface area (Å²) in [4.78, 5) is 0. The molecule has 0 aromatic rings. The van der Waals surface area contributed by atoms with Crippen molar-refractivity contribution in [2.45, 2.75) is 71.4 Å². The largest absolute Gasteiger partial charge is 0.352 e. The number of rotatable bonds is 0. The van der Waals surface area contributed by atoms with Crippen LogP contribution >= 0.6 is 0 Å². The molecule has 0 N–H and O–H groups in total. The van der Waals surface area contributed by atoms with E-state index in [2.05, 4.69) is 48.5 Å². The van der Waals surface area contributed by atoms with Gasteiger partial charge in [-0.05, 0) is 48.5 Å². The summed E-state index contributed by atoms with van der Waals surface area (Å²) in [5, 5.41) is 0. The lowest BCUT2D eigenvalue weighted by Gasteiger charge is -2.67. The van der Waals surface area contributed by atoms with Gasteiger partial charge in [-0.2, -0.15) is 0 Å². The molecule has 0 amide bonds. The second kappa shape index (κ2) is 3.92. The second-order valence-electron chi connectivity index (χ2n) is 6.82. The van der Waals surface area contributed by atoms with Crippen LogP contribution in [0.15, 0.2) is 0 Å². The van der Waals surface area contributed by atoms with Crippen molar-refractivity contribution >= 4 is 0 Å². The Morgan fingerprint density at radius 3 is 1.56 bits per heavy atom. The van der Waals surface area contributed by atoms with Gasteiger partial charge in [-0.25, -0.2) is 0 Å². The first-order valence-corrected chi connectivity index (χ1v) is 6.62. The molecule has 106 valence electrons. The fraction of sp³-hybridized carbons (Fsp3) is 1.00. The van der Waals surface area contributed by atoms with Crippen molar-refractivity contribution in [2.75, 3.05) is 13.6 Å². The van der Waals surface area contributed by atoms with E-state index in [4.69, 9.17) is 18.9 Å². The standard InChI is InChI=1S/C14H26O4/c1-10-14(11(2,3)16-8-15-10)12(4,5)17-9-18-13(14,6)7/h10H,8-9H2,1-7H3. The highest BCUT2D eigenvalue weighted by Gasteiger charge is 2.71. The molecule has 0 aliphatic carbocycles. The predicted molar refractivity (Wildman–Crippen MR) is 68.2 cm³/mol. The highest BCUT2D eigenvalue weighted by atomic mass is 16.7. The molecule has 2 saturated heterocycles. The van der Waals surface area contributed by atoms with Crippen LogP contribution in [0.3, 0.4) is 0 Å². The van der Waals surface area contributed by atoms with Gasteiger partial charge in [0.25, 0.3) is 0 Å². The quantitative estimate of drug-likeness (QED) is 0.669. The lowest BCUT2D eigenvalue weighted by Crippen LogP contribution is -2.77. The Balaban J connectivity index is 2.63. The minimum Gasteiger partial charge on any atom is -0.352 e. The van der Waals surface area contributed by atoms with Gasteiger partial charge in [-0.1, -0.05) is 0 Å². The molecule has 2 rings (SSSR count). The molecule has 2 aliphatic rings. The highest BCUT2D eigenvalue weighted by molar-refractivity contribution is 5.18. The monoisotopic (exact) mass is 258 g/mol. The van der Waals surface area contributed by atoms with E-state index in [1.807, 2.05) is 0 Å². The Hall–Kier alpha value is -0.160. The van der Waals surface area contributed by atoms with Crippen molar-refractivity contribution < 1.29 is 18.9 Å². The summed E-state index contributed by atoms with van der Waals surface area (Å²) in [6.45, 7) is 15.3. The third-order valence-electron chi connectivity index (χ3n) is 5.04. The topological polar surface area (TPSA) is 36.9 Å². The molecule has 2 heterocycles. The van der Waals surface area contributed by atoms with Gasteiger partial charge in [-0.15, -0.1) is 0 Å². The van der Waals surface area contributed by atoms with E-state index in [-0.39, 0.29) is 11.5 Å². The van der Waals surface area contributed by atoms with Crippen molar-refractivity contribution in [2.24, 2.45) is 5.41 Å². The molecule has 4 nitrogen and oxygen atoms in total. The van der Waals surface area contributed by atoms with Crippen molar-refractivity contribution in [3.63, 3.8) is 0 Å². The normalized spacial score (nSPS) is 36.5. The van der Waals surface area contributed by atoms with Crippen LogP contribution in [-0.2, 0) is 18.9 Å². The molecule has 18 heavy (non-hydrogen) atoms. The Morgan fingerprint density at radius 2 is 1.11 bits per heavy atom. The Labute approximate surface area is 110 Å². The molecule has 0 aromatic heterocycles. The van der Waals surface area contributed by atoms with E-state index in [0.717, 1.165) is 0 Å². The molecular weight excluding hydrogens is 232 g/mol. The lowest BCUT2D eigenvalue weighted by molar-refractivity contribution is -0.419. The van der Waals surface area contributed by atoms with Crippen LogP contribution in [0.2, 0.25) is 0 Å². The molecule has 2 aliphatic heterocycles. The predicted octanol–water partition coefficient (Wildman–Crippen LogP) is 2.71. The van der Waals surface area contributed by atoms with Gasteiger partial charge in [-0.3, -0.25) is 0 Å². The van der Waals surface area contributed by atoms with Crippen LogP contribution in [0.5, 0.6) is 0 Å². The van der Waals surface area contributed by atoms with Gasteiger partial charge in [0.05, 0.1) is 28.3 Å². The maximum atomic E-state index is 5.92. The van der Waals surface area contributed by atoms with Gasteiger partial charge in [0.15, 0.2) is 0 Å². The number of ether oxygens (including phenoxy) is 4. The maximum absolute atomic E-state index is 5.92. The summed E-state index contributed by atoms with van der Waals surface area (Å²) in [6, 6.07) is 0. The highest BCUT2D eigenvalue weighted by Crippen LogP contribution is 2.60. The average Bonchev–Trinajstić information content (AvgIpc) is 2.12. The van der Waals surface area contributed by atoms with Gasteiger partial charge < -0.3 is 18.9 Å². The van der Waals surface area contributed by atoms with E-state index in [1.165, 1.54) is 0 Å². The first-order chi connectivity index (χ1) is 8.08. The average molecular weight is 258 g/mol.